The number of alkyl halides is 3. The predicted molar refractivity (Wildman–Crippen MR) is 89.2 cm³/mol. The predicted octanol–water partition coefficient (Wildman–Crippen LogP) is 3.51. The van der Waals surface area contributed by atoms with E-state index >= 15 is 0 Å². The number of nitrogens with one attached hydrogen (secondary N) is 1. The number of carbonyl (C=O) groups is 1. The van der Waals surface area contributed by atoms with Gasteiger partial charge in [-0.1, -0.05) is 12.1 Å². The first-order chi connectivity index (χ1) is 12.2. The number of para-hydroxylation sites is 1. The molecule has 1 amide bonds. The van der Waals surface area contributed by atoms with E-state index in [-0.39, 0.29) is 12.2 Å². The lowest BCUT2D eigenvalue weighted by Crippen LogP contribution is -2.36. The van der Waals surface area contributed by atoms with Crippen molar-refractivity contribution >= 4 is 22.9 Å². The van der Waals surface area contributed by atoms with Gasteiger partial charge in [0, 0.05) is 12.5 Å². The second-order valence-corrected chi connectivity index (χ2v) is 7.11. The summed E-state index contributed by atoms with van der Waals surface area (Å²) in [6.45, 7) is 0.213. The molecule has 1 saturated heterocycles. The van der Waals surface area contributed by atoms with E-state index in [9.17, 15) is 27.5 Å². The highest BCUT2D eigenvalue weighted by Crippen LogP contribution is 2.41. The maximum absolute atomic E-state index is 13.8. The Labute approximate surface area is 151 Å². The summed E-state index contributed by atoms with van der Waals surface area (Å²) in [5.41, 5.74) is 0.290. The van der Waals surface area contributed by atoms with Gasteiger partial charge in [-0.05, 0) is 36.2 Å². The summed E-state index contributed by atoms with van der Waals surface area (Å²) in [5, 5.41) is 14.1. The van der Waals surface area contributed by atoms with Crippen LogP contribution in [-0.4, -0.2) is 35.7 Å². The first kappa shape index (κ1) is 18.8. The molecule has 1 aliphatic rings. The number of hydrogen-bond acceptors (Lipinski definition) is 4. The van der Waals surface area contributed by atoms with Crippen molar-refractivity contribution in [2.75, 3.05) is 18.9 Å². The van der Waals surface area contributed by atoms with E-state index in [4.69, 9.17) is 0 Å². The number of benzene rings is 1. The third kappa shape index (κ3) is 3.60. The van der Waals surface area contributed by atoms with Gasteiger partial charge >= 0.3 is 6.18 Å². The molecule has 0 saturated carbocycles. The Kier molecular flexibility index (Phi) is 5.05. The number of carbonyl (C=O) groups excluding carboxylic acids is 1. The summed E-state index contributed by atoms with van der Waals surface area (Å²) in [6.07, 6.45) is -5.64. The largest absolute Gasteiger partial charge is 0.425 e. The van der Waals surface area contributed by atoms with Gasteiger partial charge in [-0.3, -0.25) is 9.69 Å². The number of hydrogen-bond donors (Lipinski definition) is 2. The fourth-order valence-corrected chi connectivity index (χ4v) is 3.96. The lowest BCUT2D eigenvalue weighted by Gasteiger charge is -2.21. The van der Waals surface area contributed by atoms with E-state index in [2.05, 4.69) is 5.32 Å². The van der Waals surface area contributed by atoms with Crippen molar-refractivity contribution in [2.24, 2.45) is 5.92 Å². The standard InChI is InChI=1S/C17H16F4N2O2S/c1-23-7-10(9-6-13(26-8-9)17(19,20)21)14(16(23)25)15(24)22-12-5-3-2-4-11(12)18/h2-6,8,10,14,16,25H,7H2,1H3,(H,22,24)/t10-,14+,16?/m1/s1. The highest BCUT2D eigenvalue weighted by atomic mass is 32.1. The quantitative estimate of drug-likeness (QED) is 0.792. The molecule has 26 heavy (non-hydrogen) atoms. The summed E-state index contributed by atoms with van der Waals surface area (Å²) >= 11 is 0.549. The topological polar surface area (TPSA) is 52.6 Å². The molecule has 9 heteroatoms. The van der Waals surface area contributed by atoms with Crippen molar-refractivity contribution in [1.29, 1.82) is 0 Å². The van der Waals surface area contributed by atoms with E-state index in [1.54, 1.807) is 13.1 Å². The number of aliphatic hydroxyl groups is 1. The third-order valence-corrected chi connectivity index (χ3v) is 5.45. The van der Waals surface area contributed by atoms with Crippen LogP contribution >= 0.6 is 11.3 Å². The average Bonchev–Trinajstić information content (AvgIpc) is 3.15. The highest BCUT2D eigenvalue weighted by molar-refractivity contribution is 7.10. The lowest BCUT2D eigenvalue weighted by atomic mass is 9.88. The zero-order valence-electron chi connectivity index (χ0n) is 13.6. The van der Waals surface area contributed by atoms with Crippen LogP contribution in [0.1, 0.15) is 16.4 Å². The fourth-order valence-electron chi connectivity index (χ4n) is 3.12. The Bertz CT molecular complexity index is 808. The van der Waals surface area contributed by atoms with Crippen molar-refractivity contribution in [3.63, 3.8) is 0 Å². The van der Waals surface area contributed by atoms with Crippen LogP contribution in [0, 0.1) is 11.7 Å². The van der Waals surface area contributed by atoms with Crippen LogP contribution in [0.15, 0.2) is 35.7 Å². The van der Waals surface area contributed by atoms with Crippen molar-refractivity contribution in [1.82, 2.24) is 4.90 Å². The fraction of sp³-hybridized carbons (Fsp3) is 0.353. The van der Waals surface area contributed by atoms with Crippen LogP contribution in [0.4, 0.5) is 23.2 Å². The molecule has 1 aliphatic heterocycles. The number of likely N-dealkylation sites (tertiary alicyclic amines) is 1. The molecule has 4 nitrogen and oxygen atoms in total. The molecular formula is C17H16F4N2O2S. The number of anilines is 1. The molecule has 140 valence electrons. The molecule has 1 aromatic carbocycles. The molecule has 3 atom stereocenters. The van der Waals surface area contributed by atoms with Gasteiger partial charge in [-0.25, -0.2) is 4.39 Å². The Balaban J connectivity index is 1.86. The van der Waals surface area contributed by atoms with Crippen molar-refractivity contribution < 1.29 is 27.5 Å². The van der Waals surface area contributed by atoms with E-state index in [1.165, 1.54) is 28.5 Å². The van der Waals surface area contributed by atoms with Crippen LogP contribution in [0.25, 0.3) is 0 Å². The van der Waals surface area contributed by atoms with Gasteiger partial charge in [0.05, 0.1) is 11.6 Å². The molecule has 0 spiro atoms. The van der Waals surface area contributed by atoms with Crippen molar-refractivity contribution in [3.8, 4) is 0 Å². The molecule has 1 fully saturated rings. The van der Waals surface area contributed by atoms with Crippen LogP contribution in [0.5, 0.6) is 0 Å². The number of nitrogens with zero attached hydrogens (tertiary/aromatic N) is 1. The molecule has 1 aromatic heterocycles. The maximum atomic E-state index is 13.8. The number of thiophene rings is 1. The summed E-state index contributed by atoms with van der Waals surface area (Å²) in [4.78, 5) is 13.4. The normalized spacial score (nSPS) is 24.0. The molecular weight excluding hydrogens is 372 g/mol. The summed E-state index contributed by atoms with van der Waals surface area (Å²) in [6, 6.07) is 6.57. The molecule has 2 N–H and O–H groups in total. The van der Waals surface area contributed by atoms with E-state index in [1.807, 2.05) is 0 Å². The summed E-state index contributed by atoms with van der Waals surface area (Å²) in [5.74, 6) is -2.92. The lowest BCUT2D eigenvalue weighted by molar-refractivity contribution is -0.134. The summed E-state index contributed by atoms with van der Waals surface area (Å²) in [7, 11) is 1.57. The smallest absolute Gasteiger partial charge is 0.378 e. The van der Waals surface area contributed by atoms with Gasteiger partial charge in [0.25, 0.3) is 0 Å². The Hall–Kier alpha value is -1.97. The van der Waals surface area contributed by atoms with E-state index < -0.39 is 40.8 Å². The zero-order valence-corrected chi connectivity index (χ0v) is 14.4. The Morgan fingerprint density at radius 1 is 1.35 bits per heavy atom. The molecule has 2 aromatic rings. The van der Waals surface area contributed by atoms with Crippen LogP contribution in [0.2, 0.25) is 0 Å². The minimum absolute atomic E-state index is 0.0423. The minimum atomic E-state index is -4.46. The SMILES string of the molecule is CN1C[C@H](c2csc(C(F)(F)F)c2)[C@@H](C(=O)Nc2ccccc2F)C1O. The number of amides is 1. The zero-order chi connectivity index (χ0) is 19.1. The average molecular weight is 388 g/mol. The second-order valence-electron chi connectivity index (χ2n) is 6.20. The van der Waals surface area contributed by atoms with Gasteiger partial charge in [0.1, 0.15) is 16.9 Å². The molecule has 0 bridgehead atoms. The van der Waals surface area contributed by atoms with Gasteiger partial charge in [-0.15, -0.1) is 11.3 Å². The Morgan fingerprint density at radius 3 is 2.65 bits per heavy atom. The van der Waals surface area contributed by atoms with Crippen molar-refractivity contribution in [3.05, 3.63) is 52.0 Å². The highest BCUT2D eigenvalue weighted by Gasteiger charge is 2.45. The third-order valence-electron chi connectivity index (χ3n) is 4.45. The first-order valence-electron chi connectivity index (χ1n) is 7.78. The molecule has 1 unspecified atom stereocenters. The number of rotatable bonds is 3. The maximum Gasteiger partial charge on any atom is 0.425 e. The Morgan fingerprint density at radius 2 is 2.04 bits per heavy atom. The second kappa shape index (κ2) is 6.98. The molecule has 0 aliphatic carbocycles. The van der Waals surface area contributed by atoms with Crippen molar-refractivity contribution in [2.45, 2.75) is 18.3 Å². The summed E-state index contributed by atoms with van der Waals surface area (Å²) < 4.78 is 52.3. The van der Waals surface area contributed by atoms with Gasteiger partial charge in [0.2, 0.25) is 5.91 Å². The van der Waals surface area contributed by atoms with Gasteiger partial charge in [0.15, 0.2) is 0 Å². The minimum Gasteiger partial charge on any atom is -0.378 e. The van der Waals surface area contributed by atoms with Crippen LogP contribution in [0.3, 0.4) is 0 Å². The van der Waals surface area contributed by atoms with E-state index in [0.29, 0.717) is 16.9 Å². The number of likely N-dealkylation sites (N-methyl/N-ethyl adjacent to an activating group) is 1. The molecule has 2 heterocycles. The van der Waals surface area contributed by atoms with Gasteiger partial charge in [-0.2, -0.15) is 13.2 Å². The number of aliphatic hydroxyl groups excluding tert-OH is 1. The van der Waals surface area contributed by atoms with Crippen LogP contribution in [-0.2, 0) is 11.0 Å². The van der Waals surface area contributed by atoms with Crippen LogP contribution < -0.4 is 5.32 Å². The molecule has 3 rings (SSSR count). The monoisotopic (exact) mass is 388 g/mol. The first-order valence-corrected chi connectivity index (χ1v) is 8.66. The van der Waals surface area contributed by atoms with E-state index in [0.717, 1.165) is 6.07 Å². The molecule has 0 radical (unpaired) electrons. The van der Waals surface area contributed by atoms with Gasteiger partial charge < -0.3 is 10.4 Å². The number of halogens is 4.